The second kappa shape index (κ2) is 7.48. The number of piperazine rings is 1. The lowest BCUT2D eigenvalue weighted by Crippen LogP contribution is -2.51. The van der Waals surface area contributed by atoms with Crippen LogP contribution >= 0.6 is 15.9 Å². The number of nitrogens with zero attached hydrogens (tertiary/aromatic N) is 2. The molecular formula is C14H27BrN2O2. The van der Waals surface area contributed by atoms with E-state index in [-0.39, 0.29) is 6.09 Å². The van der Waals surface area contributed by atoms with E-state index in [2.05, 4.69) is 41.6 Å². The summed E-state index contributed by atoms with van der Waals surface area (Å²) < 4.78 is 5.03. The van der Waals surface area contributed by atoms with Crippen molar-refractivity contribution < 1.29 is 9.53 Å². The molecule has 0 N–H and O–H groups in total. The third-order valence-corrected chi connectivity index (χ3v) is 4.57. The summed E-state index contributed by atoms with van der Waals surface area (Å²) in [6.45, 7) is 13.7. The summed E-state index contributed by atoms with van der Waals surface area (Å²) in [6, 6.07) is 0. The average Bonchev–Trinajstić information content (AvgIpc) is 2.35. The Labute approximate surface area is 125 Å². The van der Waals surface area contributed by atoms with Gasteiger partial charge in [0.1, 0.15) is 0 Å². The van der Waals surface area contributed by atoms with E-state index in [0.29, 0.717) is 17.9 Å². The minimum atomic E-state index is -0.171. The molecule has 1 saturated heterocycles. The maximum atomic E-state index is 11.6. The van der Waals surface area contributed by atoms with Gasteiger partial charge in [0, 0.05) is 38.1 Å². The Hall–Kier alpha value is -0.290. The van der Waals surface area contributed by atoms with E-state index in [0.717, 1.165) is 38.1 Å². The molecule has 1 unspecified atom stereocenters. The fraction of sp³-hybridized carbons (Fsp3) is 0.929. The van der Waals surface area contributed by atoms with Crippen LogP contribution in [0.2, 0.25) is 0 Å². The highest BCUT2D eigenvalue weighted by atomic mass is 79.9. The summed E-state index contributed by atoms with van der Waals surface area (Å²) in [5.74, 6) is 0.627. The van der Waals surface area contributed by atoms with Gasteiger partial charge in [-0.05, 0) is 18.3 Å². The zero-order valence-corrected chi connectivity index (χ0v) is 14.2. The van der Waals surface area contributed by atoms with Crippen molar-refractivity contribution in [2.45, 2.75) is 27.7 Å². The van der Waals surface area contributed by atoms with Gasteiger partial charge >= 0.3 is 6.09 Å². The molecule has 112 valence electrons. The molecule has 0 aromatic heterocycles. The Kier molecular flexibility index (Phi) is 6.60. The van der Waals surface area contributed by atoms with Crippen LogP contribution in [0.25, 0.3) is 0 Å². The number of halogens is 1. The highest BCUT2D eigenvalue weighted by Crippen LogP contribution is 2.28. The highest BCUT2D eigenvalue weighted by Gasteiger charge is 2.28. The third-order valence-electron chi connectivity index (χ3n) is 3.79. The quantitative estimate of drug-likeness (QED) is 0.741. The van der Waals surface area contributed by atoms with Crippen molar-refractivity contribution in [2.75, 3.05) is 44.7 Å². The first-order valence-corrected chi connectivity index (χ1v) is 8.20. The van der Waals surface area contributed by atoms with Crippen LogP contribution < -0.4 is 0 Å². The molecule has 1 aliphatic heterocycles. The van der Waals surface area contributed by atoms with Crippen LogP contribution in [0.15, 0.2) is 0 Å². The summed E-state index contributed by atoms with van der Waals surface area (Å²) >= 11 is 3.62. The van der Waals surface area contributed by atoms with Gasteiger partial charge in [0.15, 0.2) is 0 Å². The van der Waals surface area contributed by atoms with Gasteiger partial charge in [-0.3, -0.25) is 4.90 Å². The standard InChI is InChI=1S/C14H27BrN2O2/c1-5-19-13(18)17-8-6-16(7-9-17)11-12(10-15)14(2,3)4/h12H,5-11H2,1-4H3. The zero-order valence-electron chi connectivity index (χ0n) is 12.6. The minimum Gasteiger partial charge on any atom is -0.450 e. The van der Waals surface area contributed by atoms with Gasteiger partial charge < -0.3 is 9.64 Å². The molecule has 0 aromatic carbocycles. The molecule has 4 nitrogen and oxygen atoms in total. The fourth-order valence-corrected chi connectivity index (χ4v) is 3.37. The zero-order chi connectivity index (χ0) is 14.5. The van der Waals surface area contributed by atoms with Crippen LogP contribution in [0.5, 0.6) is 0 Å². The SMILES string of the molecule is CCOC(=O)N1CCN(CC(CBr)C(C)(C)C)CC1. The van der Waals surface area contributed by atoms with Crippen molar-refractivity contribution >= 4 is 22.0 Å². The number of amides is 1. The Bertz CT molecular complexity index is 284. The van der Waals surface area contributed by atoms with Gasteiger partial charge in [-0.25, -0.2) is 4.79 Å². The van der Waals surface area contributed by atoms with Gasteiger partial charge in [0.25, 0.3) is 0 Å². The first-order valence-electron chi connectivity index (χ1n) is 7.08. The van der Waals surface area contributed by atoms with Crippen LogP contribution in [0.3, 0.4) is 0 Å². The lowest BCUT2D eigenvalue weighted by molar-refractivity contribution is 0.0686. The molecule has 0 radical (unpaired) electrons. The molecular weight excluding hydrogens is 308 g/mol. The van der Waals surface area contributed by atoms with Crippen molar-refractivity contribution in [2.24, 2.45) is 11.3 Å². The third kappa shape index (κ3) is 5.30. The lowest BCUT2D eigenvalue weighted by atomic mass is 9.81. The molecule has 5 heteroatoms. The number of carbonyl (C=O) groups is 1. The molecule has 1 aliphatic rings. The summed E-state index contributed by atoms with van der Waals surface area (Å²) in [4.78, 5) is 15.9. The molecule has 1 fully saturated rings. The Morgan fingerprint density at radius 1 is 1.26 bits per heavy atom. The van der Waals surface area contributed by atoms with Gasteiger partial charge in [-0.1, -0.05) is 36.7 Å². The van der Waals surface area contributed by atoms with E-state index in [1.54, 1.807) is 4.90 Å². The maximum absolute atomic E-state index is 11.6. The maximum Gasteiger partial charge on any atom is 0.409 e. The van der Waals surface area contributed by atoms with Crippen molar-refractivity contribution in [3.8, 4) is 0 Å². The van der Waals surface area contributed by atoms with Gasteiger partial charge in [0.2, 0.25) is 0 Å². The van der Waals surface area contributed by atoms with Gasteiger partial charge in [-0.2, -0.15) is 0 Å². The monoisotopic (exact) mass is 334 g/mol. The smallest absolute Gasteiger partial charge is 0.409 e. The largest absolute Gasteiger partial charge is 0.450 e. The Morgan fingerprint density at radius 3 is 2.26 bits per heavy atom. The predicted molar refractivity (Wildman–Crippen MR) is 81.8 cm³/mol. The number of carbonyl (C=O) groups excluding carboxylic acids is 1. The predicted octanol–water partition coefficient (Wildman–Crippen LogP) is 2.82. The highest BCUT2D eigenvalue weighted by molar-refractivity contribution is 9.09. The summed E-state index contributed by atoms with van der Waals surface area (Å²) in [6.07, 6.45) is -0.171. The van der Waals surface area contributed by atoms with E-state index < -0.39 is 0 Å². The van der Waals surface area contributed by atoms with E-state index in [1.165, 1.54) is 0 Å². The van der Waals surface area contributed by atoms with Gasteiger partial charge in [0.05, 0.1) is 6.61 Å². The fourth-order valence-electron chi connectivity index (χ4n) is 2.19. The molecule has 1 amide bonds. The molecule has 1 atom stereocenters. The van der Waals surface area contributed by atoms with Crippen LogP contribution in [0.1, 0.15) is 27.7 Å². The number of alkyl halides is 1. The van der Waals surface area contributed by atoms with Crippen molar-refractivity contribution in [1.29, 1.82) is 0 Å². The molecule has 19 heavy (non-hydrogen) atoms. The van der Waals surface area contributed by atoms with E-state index in [4.69, 9.17) is 4.74 Å². The number of ether oxygens (including phenoxy) is 1. The van der Waals surface area contributed by atoms with Gasteiger partial charge in [-0.15, -0.1) is 0 Å². The second-order valence-corrected chi connectivity index (χ2v) is 6.85. The average molecular weight is 335 g/mol. The number of hydrogen-bond acceptors (Lipinski definition) is 3. The van der Waals surface area contributed by atoms with Crippen LogP contribution in [-0.4, -0.2) is 60.6 Å². The minimum absolute atomic E-state index is 0.171. The lowest BCUT2D eigenvalue weighted by Gasteiger charge is -2.38. The van der Waals surface area contributed by atoms with Crippen LogP contribution in [0, 0.1) is 11.3 Å². The van der Waals surface area contributed by atoms with Crippen LogP contribution in [0.4, 0.5) is 4.79 Å². The van der Waals surface area contributed by atoms with E-state index >= 15 is 0 Å². The molecule has 1 rings (SSSR count). The molecule has 0 bridgehead atoms. The van der Waals surface area contributed by atoms with Crippen LogP contribution in [-0.2, 0) is 4.74 Å². The molecule has 0 saturated carbocycles. The Balaban J connectivity index is 2.39. The van der Waals surface area contributed by atoms with E-state index in [1.807, 2.05) is 6.92 Å². The van der Waals surface area contributed by atoms with E-state index in [9.17, 15) is 4.79 Å². The summed E-state index contributed by atoms with van der Waals surface area (Å²) in [5.41, 5.74) is 0.307. The summed E-state index contributed by atoms with van der Waals surface area (Å²) in [7, 11) is 0. The van der Waals surface area contributed by atoms with Crippen molar-refractivity contribution in [3.05, 3.63) is 0 Å². The first-order chi connectivity index (χ1) is 8.88. The molecule has 0 aromatic rings. The first kappa shape index (κ1) is 16.8. The second-order valence-electron chi connectivity index (χ2n) is 6.20. The number of hydrogen-bond donors (Lipinski definition) is 0. The molecule has 0 aliphatic carbocycles. The normalized spacial score (nSPS) is 19.3. The number of rotatable bonds is 4. The summed E-state index contributed by atoms with van der Waals surface area (Å²) in [5, 5.41) is 1.02. The topological polar surface area (TPSA) is 32.8 Å². The molecule has 1 heterocycles. The molecule has 0 spiro atoms. The van der Waals surface area contributed by atoms with Crippen molar-refractivity contribution in [3.63, 3.8) is 0 Å². The van der Waals surface area contributed by atoms with Crippen molar-refractivity contribution in [1.82, 2.24) is 9.80 Å². The Morgan fingerprint density at radius 2 is 1.84 bits per heavy atom.